The van der Waals surface area contributed by atoms with Crippen molar-refractivity contribution < 1.29 is 17.9 Å². The molecule has 0 fully saturated rings. The van der Waals surface area contributed by atoms with Gasteiger partial charge in [-0.05, 0) is 85.0 Å². The molecule has 1 aliphatic rings. The number of rotatable bonds is 9. The van der Waals surface area contributed by atoms with Gasteiger partial charge in [-0.15, -0.1) is 0 Å². The number of nitrogens with one attached hydrogen (secondary N) is 1. The molecule has 0 heterocycles. The van der Waals surface area contributed by atoms with Crippen LogP contribution in [0.4, 0.5) is 5.69 Å². The van der Waals surface area contributed by atoms with Crippen LogP contribution < -0.4 is 14.5 Å². The summed E-state index contributed by atoms with van der Waals surface area (Å²) in [6, 6.07) is 23.5. The maximum Gasteiger partial charge on any atom is 0.264 e. The van der Waals surface area contributed by atoms with Crippen molar-refractivity contribution in [3.8, 4) is 5.75 Å². The Morgan fingerprint density at radius 1 is 0.974 bits per heavy atom. The van der Waals surface area contributed by atoms with E-state index >= 15 is 0 Å². The van der Waals surface area contributed by atoms with Crippen LogP contribution in [0.1, 0.15) is 29.2 Å². The molecule has 38 heavy (non-hydrogen) atoms. The zero-order chi connectivity index (χ0) is 26.7. The molecule has 0 aliphatic heterocycles. The standard InChI is InChI=1S/C30H29N3O4S/c1-3-37-26-15-17-27(18-16-26)38(35,36)33(25-13-7-21(2)8-14-25)20-29(34)32-31-19-24-12-11-23-10-9-22-5-4-6-28(24)30(22)23/h4-8,11-19H,3,9-10,20H2,1-2H3,(H,32,34)/b31-19-. The van der Waals surface area contributed by atoms with E-state index in [1.54, 1.807) is 30.5 Å². The predicted octanol–water partition coefficient (Wildman–Crippen LogP) is 4.99. The highest BCUT2D eigenvalue weighted by Crippen LogP contribution is 2.32. The van der Waals surface area contributed by atoms with Gasteiger partial charge in [0, 0.05) is 5.56 Å². The predicted molar refractivity (Wildman–Crippen MR) is 150 cm³/mol. The SMILES string of the molecule is CCOc1ccc(S(=O)(=O)N(CC(=O)N/N=C\c2ccc3c4c(cccc24)CC3)c2ccc(C)cc2)cc1. The minimum absolute atomic E-state index is 0.0608. The third-order valence-electron chi connectivity index (χ3n) is 6.64. The van der Waals surface area contributed by atoms with Crippen molar-refractivity contribution in [3.63, 3.8) is 0 Å². The van der Waals surface area contributed by atoms with E-state index in [4.69, 9.17) is 4.74 Å². The van der Waals surface area contributed by atoms with Crippen LogP contribution in [0.3, 0.4) is 0 Å². The van der Waals surface area contributed by atoms with Crippen LogP contribution in [0.5, 0.6) is 5.75 Å². The van der Waals surface area contributed by atoms with Gasteiger partial charge >= 0.3 is 0 Å². The Kier molecular flexibility index (Phi) is 7.15. The van der Waals surface area contributed by atoms with Crippen molar-refractivity contribution in [2.24, 2.45) is 5.10 Å². The van der Waals surface area contributed by atoms with Crippen molar-refractivity contribution in [2.45, 2.75) is 31.6 Å². The Bertz CT molecular complexity index is 1600. The maximum atomic E-state index is 13.6. The molecule has 1 aliphatic carbocycles. The van der Waals surface area contributed by atoms with Gasteiger partial charge in [-0.3, -0.25) is 9.10 Å². The Balaban J connectivity index is 1.37. The summed E-state index contributed by atoms with van der Waals surface area (Å²) in [5, 5.41) is 6.51. The summed E-state index contributed by atoms with van der Waals surface area (Å²) in [5.41, 5.74) is 7.41. The molecule has 0 atom stereocenters. The first-order valence-electron chi connectivity index (χ1n) is 12.5. The molecule has 0 aromatic heterocycles. The first-order valence-corrected chi connectivity index (χ1v) is 14.0. The van der Waals surface area contributed by atoms with Gasteiger partial charge in [0.25, 0.3) is 15.9 Å². The quantitative estimate of drug-likeness (QED) is 0.245. The molecule has 8 heteroatoms. The van der Waals surface area contributed by atoms with E-state index in [0.717, 1.165) is 33.7 Å². The van der Waals surface area contributed by atoms with Gasteiger partial charge < -0.3 is 4.74 Å². The summed E-state index contributed by atoms with van der Waals surface area (Å²) in [7, 11) is -4.04. The van der Waals surface area contributed by atoms with Crippen molar-refractivity contribution in [1.82, 2.24) is 5.43 Å². The smallest absolute Gasteiger partial charge is 0.264 e. The van der Waals surface area contributed by atoms with E-state index in [2.05, 4.69) is 28.7 Å². The summed E-state index contributed by atoms with van der Waals surface area (Å²) < 4.78 is 33.7. The Morgan fingerprint density at radius 3 is 2.39 bits per heavy atom. The number of anilines is 1. The average molecular weight is 528 g/mol. The summed E-state index contributed by atoms with van der Waals surface area (Å²) in [5.74, 6) is 0.0192. The lowest BCUT2D eigenvalue weighted by Gasteiger charge is -2.24. The Labute approximate surface area is 222 Å². The fourth-order valence-corrected chi connectivity index (χ4v) is 6.17. The van der Waals surface area contributed by atoms with E-state index < -0.39 is 22.5 Å². The number of sulfonamides is 1. The van der Waals surface area contributed by atoms with Crippen LogP contribution in [0, 0.1) is 6.92 Å². The number of amides is 1. The summed E-state index contributed by atoms with van der Waals surface area (Å²) in [6.45, 7) is 3.82. The van der Waals surface area contributed by atoms with Crippen molar-refractivity contribution in [3.05, 3.63) is 101 Å². The highest BCUT2D eigenvalue weighted by atomic mass is 32.2. The lowest BCUT2D eigenvalue weighted by molar-refractivity contribution is -0.119. The molecule has 0 saturated heterocycles. The van der Waals surface area contributed by atoms with Crippen molar-refractivity contribution in [1.29, 1.82) is 0 Å². The lowest BCUT2D eigenvalue weighted by Crippen LogP contribution is -2.39. The lowest BCUT2D eigenvalue weighted by atomic mass is 10.0. The van der Waals surface area contributed by atoms with E-state index in [-0.39, 0.29) is 4.90 Å². The maximum absolute atomic E-state index is 13.6. The number of hydrogen-bond acceptors (Lipinski definition) is 5. The van der Waals surface area contributed by atoms with Gasteiger partial charge in [0.05, 0.1) is 23.4 Å². The van der Waals surface area contributed by atoms with E-state index in [9.17, 15) is 13.2 Å². The molecule has 4 aromatic carbocycles. The van der Waals surface area contributed by atoms with Gasteiger partial charge in [-0.25, -0.2) is 13.8 Å². The van der Waals surface area contributed by atoms with Crippen LogP contribution >= 0.6 is 0 Å². The highest BCUT2D eigenvalue weighted by molar-refractivity contribution is 7.92. The number of carbonyl (C=O) groups excluding carboxylic acids is 1. The molecule has 194 valence electrons. The molecule has 4 aromatic rings. The normalized spacial score (nSPS) is 12.7. The zero-order valence-electron chi connectivity index (χ0n) is 21.3. The molecule has 5 rings (SSSR count). The fourth-order valence-electron chi connectivity index (χ4n) is 4.75. The Hall–Kier alpha value is -4.17. The summed E-state index contributed by atoms with van der Waals surface area (Å²) in [4.78, 5) is 13.0. The number of hydrogen-bond donors (Lipinski definition) is 1. The average Bonchev–Trinajstić information content (AvgIpc) is 3.34. The third-order valence-corrected chi connectivity index (χ3v) is 8.42. The summed E-state index contributed by atoms with van der Waals surface area (Å²) >= 11 is 0. The highest BCUT2D eigenvalue weighted by Gasteiger charge is 2.27. The van der Waals surface area contributed by atoms with Crippen LogP contribution in [0.15, 0.2) is 88.9 Å². The molecule has 1 amide bonds. The number of hydrazone groups is 1. The monoisotopic (exact) mass is 527 g/mol. The first-order chi connectivity index (χ1) is 18.4. The summed E-state index contributed by atoms with van der Waals surface area (Å²) in [6.07, 6.45) is 3.67. The second kappa shape index (κ2) is 10.7. The molecule has 0 unspecified atom stereocenters. The second-order valence-corrected chi connectivity index (χ2v) is 11.1. The van der Waals surface area contributed by atoms with Gasteiger partial charge in [0.15, 0.2) is 0 Å². The minimum Gasteiger partial charge on any atom is -0.494 e. The number of ether oxygens (including phenoxy) is 1. The van der Waals surface area contributed by atoms with E-state index in [0.29, 0.717) is 18.0 Å². The molecular weight excluding hydrogens is 498 g/mol. The molecule has 0 saturated carbocycles. The number of carbonyl (C=O) groups is 1. The van der Waals surface area contributed by atoms with Crippen molar-refractivity contribution >= 4 is 38.6 Å². The zero-order valence-corrected chi connectivity index (χ0v) is 22.2. The number of aryl methyl sites for hydroxylation is 3. The molecule has 0 spiro atoms. The molecule has 7 nitrogen and oxygen atoms in total. The molecule has 0 bridgehead atoms. The van der Waals surface area contributed by atoms with Crippen LogP contribution in [-0.2, 0) is 27.7 Å². The van der Waals surface area contributed by atoms with Crippen LogP contribution in [0.2, 0.25) is 0 Å². The first kappa shape index (κ1) is 25.5. The van der Waals surface area contributed by atoms with E-state index in [1.807, 2.05) is 38.1 Å². The van der Waals surface area contributed by atoms with Crippen LogP contribution in [-0.4, -0.2) is 33.7 Å². The molecular formula is C30H29N3O4S. The second-order valence-electron chi connectivity index (χ2n) is 9.20. The largest absolute Gasteiger partial charge is 0.494 e. The van der Waals surface area contributed by atoms with Crippen molar-refractivity contribution in [2.75, 3.05) is 17.5 Å². The van der Waals surface area contributed by atoms with E-state index in [1.165, 1.54) is 28.6 Å². The van der Waals surface area contributed by atoms with Gasteiger partial charge in [-0.2, -0.15) is 5.10 Å². The Morgan fingerprint density at radius 2 is 1.68 bits per heavy atom. The van der Waals surface area contributed by atoms with Gasteiger partial charge in [-0.1, -0.05) is 48.0 Å². The molecule has 1 N–H and O–H groups in total. The third kappa shape index (κ3) is 5.13. The van der Waals surface area contributed by atoms with Crippen LogP contribution in [0.25, 0.3) is 10.8 Å². The minimum atomic E-state index is -4.04. The number of benzene rings is 4. The van der Waals surface area contributed by atoms with Gasteiger partial charge in [0.2, 0.25) is 0 Å². The fraction of sp³-hybridized carbons (Fsp3) is 0.200. The van der Waals surface area contributed by atoms with Gasteiger partial charge in [0.1, 0.15) is 12.3 Å². The molecule has 0 radical (unpaired) electrons. The number of nitrogens with zero attached hydrogens (tertiary/aromatic N) is 2. The topological polar surface area (TPSA) is 88.1 Å².